The third-order valence-electron chi connectivity index (χ3n) is 4.50. The molecule has 0 aliphatic carbocycles. The number of hydrogen-bond acceptors (Lipinski definition) is 6. The first kappa shape index (κ1) is 18.8. The number of halogens is 3. The number of amides is 1. The van der Waals surface area contributed by atoms with Crippen molar-refractivity contribution in [2.75, 3.05) is 7.11 Å². The summed E-state index contributed by atoms with van der Waals surface area (Å²) in [6.45, 7) is 0.529. The molecule has 0 saturated heterocycles. The van der Waals surface area contributed by atoms with Gasteiger partial charge in [-0.25, -0.2) is 4.98 Å². The lowest BCUT2D eigenvalue weighted by atomic mass is 10.1. The molecule has 3 aromatic heterocycles. The molecule has 0 aromatic carbocycles. The maximum Gasteiger partial charge on any atom is 0.433 e. The van der Waals surface area contributed by atoms with Crippen LogP contribution >= 0.6 is 0 Å². The zero-order chi connectivity index (χ0) is 20.6. The summed E-state index contributed by atoms with van der Waals surface area (Å²) in [6, 6.07) is 3.75. The zero-order valence-corrected chi connectivity index (χ0v) is 15.1. The summed E-state index contributed by atoms with van der Waals surface area (Å²) in [4.78, 5) is 23.8. The second kappa shape index (κ2) is 7.15. The van der Waals surface area contributed by atoms with Crippen molar-refractivity contribution in [3.05, 3.63) is 53.9 Å². The third-order valence-corrected chi connectivity index (χ3v) is 4.50. The van der Waals surface area contributed by atoms with E-state index >= 15 is 0 Å². The van der Waals surface area contributed by atoms with E-state index in [1.165, 1.54) is 25.6 Å². The Hall–Kier alpha value is -3.50. The quantitative estimate of drug-likeness (QED) is 0.718. The van der Waals surface area contributed by atoms with E-state index in [9.17, 15) is 18.0 Å². The Morgan fingerprint density at radius 2 is 2.14 bits per heavy atom. The van der Waals surface area contributed by atoms with Crippen LogP contribution < -0.4 is 10.1 Å². The number of nitrogens with one attached hydrogen (secondary N) is 1. The standard InChI is InChI=1S/C18H15F3N6O2/c1-29-16-9-22-8-13(24-16)17(28)25-11-3-5-27-14(11)7-12(26-27)10-2-4-23-15(6-10)18(19,20)21/h2,4,6-9,11H,3,5H2,1H3,(H,25,28). The first-order valence-corrected chi connectivity index (χ1v) is 8.63. The molecule has 1 unspecified atom stereocenters. The van der Waals surface area contributed by atoms with Crippen LogP contribution in [-0.2, 0) is 12.7 Å². The molecule has 150 valence electrons. The van der Waals surface area contributed by atoms with Gasteiger partial charge >= 0.3 is 6.18 Å². The summed E-state index contributed by atoms with van der Waals surface area (Å²) in [5.41, 5.74) is 0.511. The summed E-state index contributed by atoms with van der Waals surface area (Å²) in [5.74, 6) is -0.213. The minimum Gasteiger partial charge on any atom is -0.480 e. The van der Waals surface area contributed by atoms with Crippen LogP contribution in [-0.4, -0.2) is 37.7 Å². The van der Waals surface area contributed by atoms with Crippen molar-refractivity contribution in [3.8, 4) is 17.1 Å². The minimum absolute atomic E-state index is 0.103. The van der Waals surface area contributed by atoms with E-state index in [0.717, 1.165) is 12.3 Å². The number of ether oxygens (including phenoxy) is 1. The van der Waals surface area contributed by atoms with Crippen molar-refractivity contribution in [1.29, 1.82) is 0 Å². The van der Waals surface area contributed by atoms with E-state index in [4.69, 9.17) is 4.74 Å². The maximum atomic E-state index is 12.9. The fourth-order valence-corrected chi connectivity index (χ4v) is 3.11. The second-order valence-corrected chi connectivity index (χ2v) is 6.37. The average molecular weight is 404 g/mol. The molecule has 0 saturated carbocycles. The number of carbonyl (C=O) groups excluding carboxylic acids is 1. The molecule has 0 fully saturated rings. The fraction of sp³-hybridized carbons (Fsp3) is 0.278. The van der Waals surface area contributed by atoms with Gasteiger partial charge in [0.2, 0.25) is 5.88 Å². The van der Waals surface area contributed by atoms with Gasteiger partial charge in [0, 0.05) is 18.3 Å². The zero-order valence-electron chi connectivity index (χ0n) is 15.1. The number of aromatic nitrogens is 5. The van der Waals surface area contributed by atoms with Crippen LogP contribution in [0.5, 0.6) is 5.88 Å². The summed E-state index contributed by atoms with van der Waals surface area (Å²) in [6.07, 6.45) is -0.116. The van der Waals surface area contributed by atoms with Crippen LogP contribution in [0.4, 0.5) is 13.2 Å². The lowest BCUT2D eigenvalue weighted by Gasteiger charge is -2.11. The van der Waals surface area contributed by atoms with Crippen molar-refractivity contribution >= 4 is 5.91 Å². The van der Waals surface area contributed by atoms with Gasteiger partial charge in [-0.05, 0) is 24.6 Å². The summed E-state index contributed by atoms with van der Waals surface area (Å²) in [7, 11) is 1.42. The van der Waals surface area contributed by atoms with Crippen LogP contribution in [0.1, 0.15) is 34.3 Å². The summed E-state index contributed by atoms with van der Waals surface area (Å²) in [5, 5.41) is 7.22. The van der Waals surface area contributed by atoms with E-state index in [0.29, 0.717) is 29.9 Å². The van der Waals surface area contributed by atoms with E-state index in [2.05, 4.69) is 25.4 Å². The Labute approximate surface area is 162 Å². The van der Waals surface area contributed by atoms with Gasteiger partial charge in [-0.3, -0.25) is 19.4 Å². The number of fused-ring (bicyclic) bond motifs is 1. The molecule has 1 aliphatic heterocycles. The topological polar surface area (TPSA) is 94.8 Å². The van der Waals surface area contributed by atoms with Gasteiger partial charge in [0.05, 0.1) is 36.9 Å². The molecule has 0 spiro atoms. The number of hydrogen-bond donors (Lipinski definition) is 1. The molecule has 4 rings (SSSR count). The molecule has 0 bridgehead atoms. The molecule has 1 amide bonds. The van der Waals surface area contributed by atoms with Crippen LogP contribution in [0, 0.1) is 0 Å². The molecule has 1 N–H and O–H groups in total. The normalized spacial score (nSPS) is 15.8. The number of alkyl halides is 3. The number of methoxy groups -OCH3 is 1. The van der Waals surface area contributed by atoms with Crippen molar-refractivity contribution in [2.45, 2.75) is 25.2 Å². The molecule has 4 heterocycles. The number of rotatable bonds is 4. The van der Waals surface area contributed by atoms with Crippen LogP contribution in [0.25, 0.3) is 11.3 Å². The third kappa shape index (κ3) is 3.75. The van der Waals surface area contributed by atoms with E-state index in [1.807, 2.05) is 0 Å². The molecule has 1 aliphatic rings. The molecule has 29 heavy (non-hydrogen) atoms. The highest BCUT2D eigenvalue weighted by atomic mass is 19.4. The van der Waals surface area contributed by atoms with Crippen LogP contribution in [0.15, 0.2) is 36.8 Å². The van der Waals surface area contributed by atoms with Gasteiger partial charge in [0.15, 0.2) is 0 Å². The van der Waals surface area contributed by atoms with E-state index < -0.39 is 17.8 Å². The largest absolute Gasteiger partial charge is 0.480 e. The molecule has 1 atom stereocenters. The number of aryl methyl sites for hydroxylation is 1. The first-order chi connectivity index (χ1) is 13.8. The lowest BCUT2D eigenvalue weighted by Crippen LogP contribution is -2.28. The highest BCUT2D eigenvalue weighted by Crippen LogP contribution is 2.33. The molecule has 3 aromatic rings. The van der Waals surface area contributed by atoms with E-state index in [-0.39, 0.29) is 17.6 Å². The Balaban J connectivity index is 1.56. The number of carbonyl (C=O) groups is 1. The number of nitrogens with zero attached hydrogens (tertiary/aromatic N) is 5. The van der Waals surface area contributed by atoms with Gasteiger partial charge in [0.25, 0.3) is 5.91 Å². The highest BCUT2D eigenvalue weighted by Gasteiger charge is 2.33. The summed E-state index contributed by atoms with van der Waals surface area (Å²) >= 11 is 0. The smallest absolute Gasteiger partial charge is 0.433 e. The monoisotopic (exact) mass is 404 g/mol. The number of pyridine rings is 1. The van der Waals surface area contributed by atoms with Crippen molar-refractivity contribution in [3.63, 3.8) is 0 Å². The van der Waals surface area contributed by atoms with Crippen molar-refractivity contribution in [2.24, 2.45) is 0 Å². The predicted molar refractivity (Wildman–Crippen MR) is 93.9 cm³/mol. The van der Waals surface area contributed by atoms with Crippen molar-refractivity contribution < 1.29 is 22.7 Å². The summed E-state index contributed by atoms with van der Waals surface area (Å²) < 4.78 is 45.4. The molecule has 8 nitrogen and oxygen atoms in total. The van der Waals surface area contributed by atoms with Crippen LogP contribution in [0.2, 0.25) is 0 Å². The van der Waals surface area contributed by atoms with Gasteiger partial charge in [0.1, 0.15) is 11.4 Å². The predicted octanol–water partition coefficient (Wildman–Crippen LogP) is 2.64. The molecule has 11 heteroatoms. The Bertz CT molecular complexity index is 1070. The van der Waals surface area contributed by atoms with Crippen LogP contribution in [0.3, 0.4) is 0 Å². The molecular weight excluding hydrogens is 389 g/mol. The van der Waals surface area contributed by atoms with E-state index in [1.54, 1.807) is 10.7 Å². The lowest BCUT2D eigenvalue weighted by molar-refractivity contribution is -0.141. The Morgan fingerprint density at radius 3 is 2.90 bits per heavy atom. The fourth-order valence-electron chi connectivity index (χ4n) is 3.11. The maximum absolute atomic E-state index is 12.9. The van der Waals surface area contributed by atoms with Crippen molar-refractivity contribution in [1.82, 2.24) is 30.0 Å². The molecular formula is C18H15F3N6O2. The van der Waals surface area contributed by atoms with Gasteiger partial charge < -0.3 is 10.1 Å². The second-order valence-electron chi connectivity index (χ2n) is 6.37. The Kier molecular flexibility index (Phi) is 4.65. The SMILES string of the molecule is COc1cncc(C(=O)NC2CCn3nc(-c4ccnc(C(F)(F)F)c4)cc32)n1. The first-order valence-electron chi connectivity index (χ1n) is 8.63. The molecule has 0 radical (unpaired) electrons. The van der Waals surface area contributed by atoms with Gasteiger partial charge in [-0.1, -0.05) is 0 Å². The average Bonchev–Trinajstić information content (AvgIpc) is 3.29. The van der Waals surface area contributed by atoms with Gasteiger partial charge in [-0.15, -0.1) is 0 Å². The minimum atomic E-state index is -4.53. The highest BCUT2D eigenvalue weighted by molar-refractivity contribution is 5.92. The van der Waals surface area contributed by atoms with Gasteiger partial charge in [-0.2, -0.15) is 18.3 Å². The Morgan fingerprint density at radius 1 is 1.31 bits per heavy atom.